The molecule has 2 atom stereocenters. The summed E-state index contributed by atoms with van der Waals surface area (Å²) in [7, 11) is 1.89. The van der Waals surface area contributed by atoms with Crippen LogP contribution in [0.1, 0.15) is 50.6 Å². The molecule has 1 saturated carbocycles. The van der Waals surface area contributed by atoms with Gasteiger partial charge in [0.1, 0.15) is 0 Å². The number of likely N-dealkylation sites (N-methyl/N-ethyl adjacent to an activating group) is 1. The van der Waals surface area contributed by atoms with Gasteiger partial charge in [0.2, 0.25) is 5.91 Å². The van der Waals surface area contributed by atoms with E-state index in [4.69, 9.17) is 33.2 Å². The Hall–Kier alpha value is -2.17. The fourth-order valence-corrected chi connectivity index (χ4v) is 6.14. The average Bonchev–Trinajstić information content (AvgIpc) is 3.03. The lowest BCUT2D eigenvalue weighted by molar-refractivity contribution is -0.140. The molecule has 1 fully saturated rings. The second kappa shape index (κ2) is 6.66. The summed E-state index contributed by atoms with van der Waals surface area (Å²) < 4.78 is 0. The van der Waals surface area contributed by atoms with Crippen LogP contribution in [0.5, 0.6) is 0 Å². The molecule has 0 N–H and O–H groups in total. The van der Waals surface area contributed by atoms with Gasteiger partial charge in [-0.15, -0.1) is 0 Å². The summed E-state index contributed by atoms with van der Waals surface area (Å²) in [6.45, 7) is 7.18. The smallest absolute Gasteiger partial charge is 0.235 e. The van der Waals surface area contributed by atoms with Crippen molar-refractivity contribution < 1.29 is 4.79 Å². The summed E-state index contributed by atoms with van der Waals surface area (Å²) >= 11 is 12.5. The first-order valence-electron chi connectivity index (χ1n) is 10.6. The van der Waals surface area contributed by atoms with Crippen LogP contribution < -0.4 is 0 Å². The topological polar surface area (TPSA) is 46.1 Å². The van der Waals surface area contributed by atoms with Crippen LogP contribution >= 0.6 is 23.2 Å². The van der Waals surface area contributed by atoms with E-state index in [9.17, 15) is 4.79 Å². The van der Waals surface area contributed by atoms with Gasteiger partial charge in [-0.2, -0.15) is 0 Å². The highest BCUT2D eigenvalue weighted by Crippen LogP contribution is 2.70. The van der Waals surface area contributed by atoms with Crippen LogP contribution in [0, 0.1) is 5.41 Å². The molecule has 160 valence electrons. The molecular formula is C25H25Cl2N3O. The number of benzene rings is 2. The lowest BCUT2D eigenvalue weighted by Gasteiger charge is -2.41. The number of carbonyl (C=O) groups is 1. The molecule has 2 aromatic carbocycles. The quantitative estimate of drug-likeness (QED) is 0.493. The molecule has 2 aliphatic rings. The molecule has 2 unspecified atom stereocenters. The summed E-state index contributed by atoms with van der Waals surface area (Å²) in [6, 6.07) is 13.6. The zero-order chi connectivity index (χ0) is 22.2. The van der Waals surface area contributed by atoms with Gasteiger partial charge in [-0.3, -0.25) is 4.79 Å². The van der Waals surface area contributed by atoms with Crippen molar-refractivity contribution in [1.82, 2.24) is 14.9 Å². The van der Waals surface area contributed by atoms with Gasteiger partial charge in [0, 0.05) is 19.0 Å². The summed E-state index contributed by atoms with van der Waals surface area (Å²) in [5.74, 6) is 0.109. The number of hydrogen-bond acceptors (Lipinski definition) is 3. The van der Waals surface area contributed by atoms with Crippen LogP contribution in [0.25, 0.3) is 11.0 Å². The molecule has 1 amide bonds. The fraction of sp³-hybridized carbons (Fsp3) is 0.400. The third kappa shape index (κ3) is 2.58. The maximum absolute atomic E-state index is 14.1. The van der Waals surface area contributed by atoms with Crippen molar-refractivity contribution in [3.63, 3.8) is 0 Å². The summed E-state index contributed by atoms with van der Waals surface area (Å²) in [4.78, 5) is 26.0. The Morgan fingerprint density at radius 1 is 0.968 bits per heavy atom. The van der Waals surface area contributed by atoms with E-state index in [0.717, 1.165) is 35.3 Å². The Bertz CT molecular complexity index is 1230. The molecular weight excluding hydrogens is 429 g/mol. The van der Waals surface area contributed by atoms with Crippen molar-refractivity contribution in [2.24, 2.45) is 5.41 Å². The van der Waals surface area contributed by atoms with Gasteiger partial charge in [0.05, 0.1) is 37.9 Å². The molecule has 0 aliphatic heterocycles. The number of halogens is 2. The molecule has 2 aliphatic carbocycles. The Labute approximate surface area is 192 Å². The normalized spacial score (nSPS) is 25.6. The third-order valence-electron chi connectivity index (χ3n) is 8.05. The molecule has 3 aromatic rings. The van der Waals surface area contributed by atoms with E-state index in [1.165, 1.54) is 0 Å². The standard InChI is InChI=1S/C25H25Cl2N3O/c1-23(2)24(3)10-11-25(23,22(31)30(4)14-15-8-6-5-7-9-15)21-20(24)28-18-12-16(26)17(27)13-19(18)29-21/h5-9,12-13H,10-11,14H2,1-4H3. The third-order valence-corrected chi connectivity index (χ3v) is 8.78. The van der Waals surface area contributed by atoms with Crippen LogP contribution in [0.15, 0.2) is 42.5 Å². The van der Waals surface area contributed by atoms with E-state index in [1.54, 1.807) is 12.1 Å². The molecule has 0 radical (unpaired) electrons. The Kier molecular flexibility index (Phi) is 4.45. The Balaban J connectivity index is 1.67. The second-order valence-corrected chi connectivity index (χ2v) is 10.5. The van der Waals surface area contributed by atoms with Crippen LogP contribution in [-0.4, -0.2) is 27.8 Å². The van der Waals surface area contributed by atoms with Crippen LogP contribution in [0.4, 0.5) is 0 Å². The minimum Gasteiger partial charge on any atom is -0.341 e. The SMILES string of the molecule is CN(Cc1ccccc1)C(=O)C12CCC(C)(c3nc4cc(Cl)c(Cl)cc4nc31)C2(C)C. The second-order valence-electron chi connectivity index (χ2n) is 9.69. The van der Waals surface area contributed by atoms with Crippen molar-refractivity contribution in [2.45, 2.75) is 51.0 Å². The summed E-state index contributed by atoms with van der Waals surface area (Å²) in [5, 5.41) is 0.906. The Morgan fingerprint density at radius 2 is 1.55 bits per heavy atom. The van der Waals surface area contributed by atoms with Gasteiger partial charge in [-0.1, -0.05) is 74.3 Å². The number of rotatable bonds is 3. The van der Waals surface area contributed by atoms with Crippen LogP contribution in [0.3, 0.4) is 0 Å². The molecule has 6 heteroatoms. The number of carbonyl (C=O) groups excluding carboxylic acids is 1. The lowest BCUT2D eigenvalue weighted by atomic mass is 9.63. The molecule has 31 heavy (non-hydrogen) atoms. The highest BCUT2D eigenvalue weighted by Gasteiger charge is 2.73. The maximum atomic E-state index is 14.1. The first kappa shape index (κ1) is 20.7. The summed E-state index contributed by atoms with van der Waals surface area (Å²) in [6.07, 6.45) is 1.67. The summed E-state index contributed by atoms with van der Waals surface area (Å²) in [5.41, 5.74) is 2.97. The first-order chi connectivity index (χ1) is 14.6. The average molecular weight is 454 g/mol. The van der Waals surface area contributed by atoms with Crippen molar-refractivity contribution in [1.29, 1.82) is 0 Å². The molecule has 1 aromatic heterocycles. The van der Waals surface area contributed by atoms with Gasteiger partial charge in [-0.25, -0.2) is 9.97 Å². The lowest BCUT2D eigenvalue weighted by Crippen LogP contribution is -2.51. The van der Waals surface area contributed by atoms with E-state index in [-0.39, 0.29) is 16.7 Å². The van der Waals surface area contributed by atoms with E-state index in [1.807, 2.05) is 42.3 Å². The van der Waals surface area contributed by atoms with Crippen molar-refractivity contribution in [2.75, 3.05) is 7.05 Å². The molecule has 2 bridgehead atoms. The zero-order valence-corrected chi connectivity index (χ0v) is 19.7. The van der Waals surface area contributed by atoms with E-state index in [0.29, 0.717) is 22.1 Å². The number of fused-ring (bicyclic) bond motifs is 6. The van der Waals surface area contributed by atoms with Gasteiger partial charge in [0.25, 0.3) is 0 Å². The van der Waals surface area contributed by atoms with Gasteiger partial charge in [0.15, 0.2) is 0 Å². The predicted molar refractivity (Wildman–Crippen MR) is 125 cm³/mol. The molecule has 1 heterocycles. The number of amides is 1. The van der Waals surface area contributed by atoms with Gasteiger partial charge >= 0.3 is 0 Å². The predicted octanol–water partition coefficient (Wildman–Crippen LogP) is 5.92. The molecule has 0 saturated heterocycles. The van der Waals surface area contributed by atoms with Crippen molar-refractivity contribution >= 4 is 40.1 Å². The largest absolute Gasteiger partial charge is 0.341 e. The first-order valence-corrected chi connectivity index (χ1v) is 11.3. The van der Waals surface area contributed by atoms with Crippen molar-refractivity contribution in [3.8, 4) is 0 Å². The monoisotopic (exact) mass is 453 g/mol. The highest BCUT2D eigenvalue weighted by atomic mass is 35.5. The number of aromatic nitrogens is 2. The number of nitrogens with zero attached hydrogens (tertiary/aromatic N) is 3. The van der Waals surface area contributed by atoms with Gasteiger partial charge < -0.3 is 4.90 Å². The van der Waals surface area contributed by atoms with Crippen LogP contribution in [0.2, 0.25) is 10.0 Å². The highest BCUT2D eigenvalue weighted by molar-refractivity contribution is 6.42. The minimum absolute atomic E-state index is 0.109. The van der Waals surface area contributed by atoms with E-state index < -0.39 is 5.41 Å². The van der Waals surface area contributed by atoms with Crippen LogP contribution in [-0.2, 0) is 22.2 Å². The molecule has 4 nitrogen and oxygen atoms in total. The molecule has 0 spiro atoms. The maximum Gasteiger partial charge on any atom is 0.235 e. The number of hydrogen-bond donors (Lipinski definition) is 0. The van der Waals surface area contributed by atoms with Crippen molar-refractivity contribution in [3.05, 3.63) is 69.5 Å². The Morgan fingerprint density at radius 3 is 2.16 bits per heavy atom. The van der Waals surface area contributed by atoms with E-state index in [2.05, 4.69) is 20.8 Å². The zero-order valence-electron chi connectivity index (χ0n) is 18.2. The molecule has 5 rings (SSSR count). The minimum atomic E-state index is -0.714. The fourth-order valence-electron chi connectivity index (χ4n) is 5.83. The van der Waals surface area contributed by atoms with E-state index >= 15 is 0 Å². The van der Waals surface area contributed by atoms with Gasteiger partial charge in [-0.05, 0) is 36.0 Å².